The largest absolute Gasteiger partial charge is 0.454 e. The predicted octanol–water partition coefficient (Wildman–Crippen LogP) is 0.584. The first-order chi connectivity index (χ1) is 11.3. The van der Waals surface area contributed by atoms with Crippen LogP contribution in [-0.2, 0) is 4.79 Å². The number of hydrogen-bond acceptors (Lipinski definition) is 5. The Hall–Kier alpha value is -2.54. The fraction of sp³-hybridized carbons (Fsp3) is 0.375. The van der Waals surface area contributed by atoms with Gasteiger partial charge in [-0.3, -0.25) is 10.1 Å². The Kier molecular flexibility index (Phi) is 3.63. The van der Waals surface area contributed by atoms with Gasteiger partial charge >= 0.3 is 0 Å². The lowest BCUT2D eigenvalue weighted by atomic mass is 10.1. The van der Waals surface area contributed by atoms with Crippen molar-refractivity contribution in [2.24, 2.45) is 4.99 Å². The lowest BCUT2D eigenvalue weighted by Gasteiger charge is -2.19. The van der Waals surface area contributed by atoms with Crippen LogP contribution in [0.3, 0.4) is 0 Å². The second-order valence-electron chi connectivity index (χ2n) is 5.71. The Morgan fingerprint density at radius 1 is 1.13 bits per heavy atom. The Bertz CT molecular complexity index is 693. The summed E-state index contributed by atoms with van der Waals surface area (Å²) in [5, 5.41) is 9.14. The molecule has 0 radical (unpaired) electrons. The van der Waals surface area contributed by atoms with E-state index >= 15 is 0 Å². The minimum atomic E-state index is -0.171. The molecule has 2 fully saturated rings. The molecule has 0 aliphatic carbocycles. The highest BCUT2D eigenvalue weighted by molar-refractivity contribution is 6.15. The van der Waals surface area contributed by atoms with Gasteiger partial charge in [-0.05, 0) is 49.7 Å². The average molecular weight is 314 g/mol. The summed E-state index contributed by atoms with van der Waals surface area (Å²) in [4.78, 5) is 16.7. The van der Waals surface area contributed by atoms with E-state index in [1.807, 2.05) is 18.2 Å². The number of guanidine groups is 1. The molecule has 120 valence electrons. The van der Waals surface area contributed by atoms with Crippen molar-refractivity contribution in [1.82, 2.24) is 16.0 Å². The molecule has 0 unspecified atom stereocenters. The molecule has 3 N–H and O–H groups in total. The summed E-state index contributed by atoms with van der Waals surface area (Å²) in [5.41, 5.74) is 1.35. The molecule has 7 nitrogen and oxygen atoms in total. The number of carbonyl (C=O) groups is 1. The van der Waals surface area contributed by atoms with Gasteiger partial charge in [-0.15, -0.1) is 0 Å². The van der Waals surface area contributed by atoms with Crippen LogP contribution in [0.25, 0.3) is 6.08 Å². The van der Waals surface area contributed by atoms with Crippen LogP contribution in [0.1, 0.15) is 18.4 Å². The number of nitrogens with one attached hydrogen (secondary N) is 3. The van der Waals surface area contributed by atoms with Gasteiger partial charge < -0.3 is 20.1 Å². The fourth-order valence-corrected chi connectivity index (χ4v) is 2.84. The van der Waals surface area contributed by atoms with Gasteiger partial charge in [-0.1, -0.05) is 6.07 Å². The molecule has 0 saturated carbocycles. The van der Waals surface area contributed by atoms with Crippen molar-refractivity contribution in [3.63, 3.8) is 0 Å². The number of ether oxygens (including phenoxy) is 2. The summed E-state index contributed by atoms with van der Waals surface area (Å²) < 4.78 is 10.6. The highest BCUT2D eigenvalue weighted by Gasteiger charge is 2.24. The van der Waals surface area contributed by atoms with E-state index in [1.54, 1.807) is 6.08 Å². The summed E-state index contributed by atoms with van der Waals surface area (Å²) in [6, 6.07) is 5.83. The molecule has 1 amide bonds. The molecule has 4 rings (SSSR count). The molecule has 3 aliphatic rings. The zero-order chi connectivity index (χ0) is 15.6. The monoisotopic (exact) mass is 314 g/mol. The summed E-state index contributed by atoms with van der Waals surface area (Å²) >= 11 is 0. The minimum absolute atomic E-state index is 0.171. The van der Waals surface area contributed by atoms with Gasteiger partial charge in [0.05, 0.1) is 6.04 Å². The van der Waals surface area contributed by atoms with Gasteiger partial charge in [0.15, 0.2) is 11.5 Å². The number of aliphatic imine (C=N–C) groups is 1. The van der Waals surface area contributed by atoms with Gasteiger partial charge in [0, 0.05) is 0 Å². The number of fused-ring (bicyclic) bond motifs is 1. The van der Waals surface area contributed by atoms with Crippen molar-refractivity contribution >= 4 is 17.9 Å². The predicted molar refractivity (Wildman–Crippen MR) is 85.1 cm³/mol. The summed E-state index contributed by atoms with van der Waals surface area (Å²) in [6.07, 6.45) is 3.76. The van der Waals surface area contributed by atoms with Crippen LogP contribution in [0, 0.1) is 0 Å². The normalized spacial score (nSPS) is 24.1. The Morgan fingerprint density at radius 2 is 1.96 bits per heavy atom. The van der Waals surface area contributed by atoms with E-state index in [0.717, 1.165) is 37.2 Å². The van der Waals surface area contributed by atoms with Crippen LogP contribution in [0.5, 0.6) is 11.5 Å². The van der Waals surface area contributed by atoms with Crippen molar-refractivity contribution in [3.8, 4) is 11.5 Å². The molecule has 0 bridgehead atoms. The van der Waals surface area contributed by atoms with E-state index in [1.165, 1.54) is 0 Å². The van der Waals surface area contributed by atoms with Crippen molar-refractivity contribution in [3.05, 3.63) is 29.5 Å². The number of benzene rings is 1. The third kappa shape index (κ3) is 3.00. The van der Waals surface area contributed by atoms with E-state index in [2.05, 4.69) is 20.9 Å². The molecule has 1 aromatic rings. The Labute approximate surface area is 133 Å². The van der Waals surface area contributed by atoms with Crippen LogP contribution in [-0.4, -0.2) is 37.8 Å². The number of rotatable bonds is 2. The topological polar surface area (TPSA) is 84.0 Å². The molecule has 0 atom stereocenters. The van der Waals surface area contributed by atoms with Crippen molar-refractivity contribution < 1.29 is 14.3 Å². The van der Waals surface area contributed by atoms with Crippen LogP contribution in [0.15, 0.2) is 28.9 Å². The number of piperidine rings is 1. The fourth-order valence-electron chi connectivity index (χ4n) is 2.84. The van der Waals surface area contributed by atoms with Gasteiger partial charge in [0.1, 0.15) is 5.70 Å². The second kappa shape index (κ2) is 5.92. The van der Waals surface area contributed by atoms with E-state index in [4.69, 9.17) is 9.47 Å². The van der Waals surface area contributed by atoms with E-state index in [-0.39, 0.29) is 18.7 Å². The summed E-state index contributed by atoms with van der Waals surface area (Å²) in [5.74, 6) is 1.79. The van der Waals surface area contributed by atoms with Crippen LogP contribution in [0.2, 0.25) is 0 Å². The second-order valence-corrected chi connectivity index (χ2v) is 5.71. The average Bonchev–Trinajstić information content (AvgIpc) is 3.15. The van der Waals surface area contributed by atoms with Gasteiger partial charge in [-0.25, -0.2) is 4.99 Å². The molecular formula is C16H18N4O3. The van der Waals surface area contributed by atoms with E-state index in [9.17, 15) is 4.79 Å². The first kappa shape index (κ1) is 14.1. The minimum Gasteiger partial charge on any atom is -0.454 e. The molecule has 0 aromatic heterocycles. The number of hydrogen-bond donors (Lipinski definition) is 3. The Morgan fingerprint density at radius 3 is 2.83 bits per heavy atom. The molecule has 1 aromatic carbocycles. The van der Waals surface area contributed by atoms with Crippen molar-refractivity contribution in [1.29, 1.82) is 0 Å². The van der Waals surface area contributed by atoms with Crippen LogP contribution >= 0.6 is 0 Å². The van der Waals surface area contributed by atoms with E-state index < -0.39 is 0 Å². The number of amides is 1. The molecular weight excluding hydrogens is 296 g/mol. The number of nitrogens with zero attached hydrogens (tertiary/aromatic N) is 1. The standard InChI is InChI=1S/C16H18N4O3/c21-15-12(7-10-1-2-13-14(8-10)23-9-22-13)19-16(20-15)18-11-3-5-17-6-4-11/h1-2,7-8,11,17H,3-6,9H2,(H2,18,19,20,21)/b12-7-. The highest BCUT2D eigenvalue weighted by atomic mass is 16.7. The third-order valence-electron chi connectivity index (χ3n) is 4.06. The summed E-state index contributed by atoms with van der Waals surface area (Å²) in [7, 11) is 0. The zero-order valence-corrected chi connectivity index (χ0v) is 12.6. The maximum Gasteiger partial charge on any atom is 0.274 e. The molecule has 3 heterocycles. The van der Waals surface area contributed by atoms with E-state index in [0.29, 0.717) is 17.4 Å². The first-order valence-corrected chi connectivity index (χ1v) is 7.76. The molecule has 2 saturated heterocycles. The van der Waals surface area contributed by atoms with Gasteiger partial charge in [-0.2, -0.15) is 0 Å². The van der Waals surface area contributed by atoms with Gasteiger partial charge in [0.25, 0.3) is 5.91 Å². The lowest BCUT2D eigenvalue weighted by Crippen LogP contribution is -2.33. The third-order valence-corrected chi connectivity index (χ3v) is 4.06. The molecule has 3 aliphatic heterocycles. The quantitative estimate of drug-likeness (QED) is 0.696. The Balaban J connectivity index is 1.50. The summed E-state index contributed by atoms with van der Waals surface area (Å²) in [6.45, 7) is 2.17. The number of carbonyl (C=O) groups excluding carboxylic acids is 1. The highest BCUT2D eigenvalue weighted by Crippen LogP contribution is 2.33. The van der Waals surface area contributed by atoms with Crippen LogP contribution in [0.4, 0.5) is 0 Å². The molecule has 23 heavy (non-hydrogen) atoms. The first-order valence-electron chi connectivity index (χ1n) is 7.76. The van der Waals surface area contributed by atoms with Crippen molar-refractivity contribution in [2.45, 2.75) is 18.9 Å². The lowest BCUT2D eigenvalue weighted by molar-refractivity contribution is -0.115. The van der Waals surface area contributed by atoms with Gasteiger partial charge in [0.2, 0.25) is 12.8 Å². The van der Waals surface area contributed by atoms with Crippen LogP contribution < -0.4 is 25.4 Å². The smallest absolute Gasteiger partial charge is 0.274 e. The SMILES string of the molecule is O=C1NC(=NC2CCNCC2)N/C1=C\c1ccc2c(c1)OCO2. The zero-order valence-electron chi connectivity index (χ0n) is 12.6. The molecule has 7 heteroatoms. The maximum absolute atomic E-state index is 12.1. The molecule has 0 spiro atoms. The maximum atomic E-state index is 12.1. The van der Waals surface area contributed by atoms with Crippen molar-refractivity contribution in [2.75, 3.05) is 19.9 Å².